The zero-order valence-corrected chi connectivity index (χ0v) is 16.8. The van der Waals surface area contributed by atoms with Gasteiger partial charge in [-0.15, -0.1) is 0 Å². The highest BCUT2D eigenvalue weighted by Crippen LogP contribution is 2.19. The van der Waals surface area contributed by atoms with Gasteiger partial charge >= 0.3 is 0 Å². The lowest BCUT2D eigenvalue weighted by Gasteiger charge is -2.13. The third-order valence-corrected chi connectivity index (χ3v) is 4.74. The summed E-state index contributed by atoms with van der Waals surface area (Å²) < 4.78 is 1.72. The average molecular weight is 383 g/mol. The van der Waals surface area contributed by atoms with Crippen molar-refractivity contribution in [2.45, 2.75) is 40.8 Å². The van der Waals surface area contributed by atoms with Crippen LogP contribution >= 0.6 is 11.6 Å². The minimum Gasteiger partial charge on any atom is -0.391 e. The lowest BCUT2D eigenvalue weighted by Crippen LogP contribution is -2.14. The van der Waals surface area contributed by atoms with Crippen molar-refractivity contribution < 1.29 is 4.84 Å². The number of hydrogen-bond donors (Lipinski definition) is 0. The highest BCUT2D eigenvalue weighted by Gasteiger charge is 2.11. The average Bonchev–Trinajstić information content (AvgIpc) is 3.09. The third kappa shape index (κ3) is 4.74. The summed E-state index contributed by atoms with van der Waals surface area (Å²) in [6.45, 7) is 9.19. The molecule has 0 saturated heterocycles. The van der Waals surface area contributed by atoms with E-state index < -0.39 is 0 Å². The van der Waals surface area contributed by atoms with E-state index in [-0.39, 0.29) is 0 Å². The first kappa shape index (κ1) is 19.1. The molecule has 6 heteroatoms. The van der Waals surface area contributed by atoms with Crippen LogP contribution in [0.5, 0.6) is 0 Å². The molecule has 0 aliphatic carbocycles. The Hall–Kier alpha value is -2.66. The van der Waals surface area contributed by atoms with Gasteiger partial charge in [-0.2, -0.15) is 5.10 Å². The number of hydrogen-bond acceptors (Lipinski definition) is 4. The highest BCUT2D eigenvalue weighted by atomic mass is 35.5. The molecule has 0 aliphatic heterocycles. The number of nitrogens with zero attached hydrogens (tertiary/aromatic N) is 4. The van der Waals surface area contributed by atoms with Crippen molar-refractivity contribution in [2.24, 2.45) is 5.16 Å². The van der Waals surface area contributed by atoms with Crippen LogP contribution in [-0.4, -0.2) is 20.5 Å². The van der Waals surface area contributed by atoms with Gasteiger partial charge in [0.15, 0.2) is 0 Å². The molecule has 140 valence electrons. The molecule has 0 N–H and O–H groups in total. The molecule has 5 nitrogen and oxygen atoms in total. The molecule has 1 heterocycles. The molecule has 0 unspecified atom stereocenters. The maximum absolute atomic E-state index is 6.10. The summed E-state index contributed by atoms with van der Waals surface area (Å²) >= 11 is 6.10. The molecule has 0 aliphatic rings. The number of aromatic nitrogens is 3. The van der Waals surface area contributed by atoms with Gasteiger partial charge in [-0.3, -0.25) is 0 Å². The quantitative estimate of drug-likeness (QED) is 0.455. The lowest BCUT2D eigenvalue weighted by atomic mass is 10.0. The summed E-state index contributed by atoms with van der Waals surface area (Å²) in [5, 5.41) is 9.32. The van der Waals surface area contributed by atoms with Gasteiger partial charge in [0.05, 0.1) is 6.54 Å². The first-order chi connectivity index (χ1) is 12.9. The molecule has 27 heavy (non-hydrogen) atoms. The van der Waals surface area contributed by atoms with Crippen LogP contribution in [0.25, 0.3) is 0 Å². The van der Waals surface area contributed by atoms with Crippen LogP contribution < -0.4 is 0 Å². The minimum atomic E-state index is 0.422. The van der Waals surface area contributed by atoms with E-state index in [0.29, 0.717) is 18.2 Å². The van der Waals surface area contributed by atoms with Crippen LogP contribution in [0, 0.1) is 27.7 Å². The SMILES string of the molecule is Cc1cc(C)c(CON=C(Cn2cncn2)c2ccc(Cl)cc2C)c(C)c1. The largest absolute Gasteiger partial charge is 0.391 e. The van der Waals surface area contributed by atoms with E-state index in [1.807, 2.05) is 25.1 Å². The van der Waals surface area contributed by atoms with Crippen LogP contribution in [0.2, 0.25) is 5.02 Å². The Labute approximate surface area is 164 Å². The second kappa shape index (κ2) is 8.35. The van der Waals surface area contributed by atoms with Crippen LogP contribution in [0.3, 0.4) is 0 Å². The van der Waals surface area contributed by atoms with Crippen molar-refractivity contribution >= 4 is 17.3 Å². The predicted molar refractivity (Wildman–Crippen MR) is 108 cm³/mol. The fraction of sp³-hybridized carbons (Fsp3) is 0.286. The second-order valence-corrected chi connectivity index (χ2v) is 7.18. The Morgan fingerprint density at radius 1 is 1.07 bits per heavy atom. The van der Waals surface area contributed by atoms with Gasteiger partial charge in [0, 0.05) is 10.6 Å². The van der Waals surface area contributed by atoms with E-state index >= 15 is 0 Å². The van der Waals surface area contributed by atoms with Crippen LogP contribution in [0.1, 0.15) is 33.4 Å². The highest BCUT2D eigenvalue weighted by molar-refractivity contribution is 6.30. The normalized spacial score (nSPS) is 11.7. The van der Waals surface area contributed by atoms with Crippen molar-refractivity contribution in [3.63, 3.8) is 0 Å². The first-order valence-corrected chi connectivity index (χ1v) is 9.16. The fourth-order valence-electron chi connectivity index (χ4n) is 3.19. The zero-order valence-electron chi connectivity index (χ0n) is 16.0. The van der Waals surface area contributed by atoms with Gasteiger partial charge < -0.3 is 4.84 Å². The molecule has 0 saturated carbocycles. The number of aryl methyl sites for hydroxylation is 4. The molecule has 3 aromatic rings. The van der Waals surface area contributed by atoms with Gasteiger partial charge in [-0.1, -0.05) is 40.5 Å². The van der Waals surface area contributed by atoms with E-state index in [1.54, 1.807) is 11.0 Å². The standard InChI is InChI=1S/C21H23ClN4O/c1-14-7-15(2)20(16(3)8-14)11-27-25-21(10-26-13-23-12-24-26)19-6-5-18(22)9-17(19)4/h5-9,12-13H,10-11H2,1-4H3. The monoisotopic (exact) mass is 382 g/mol. The smallest absolute Gasteiger partial charge is 0.142 e. The Bertz CT molecular complexity index is 941. The first-order valence-electron chi connectivity index (χ1n) is 8.78. The molecule has 2 aromatic carbocycles. The van der Waals surface area contributed by atoms with E-state index in [4.69, 9.17) is 16.4 Å². The topological polar surface area (TPSA) is 52.3 Å². The molecule has 1 aromatic heterocycles. The molecule has 0 spiro atoms. The maximum atomic E-state index is 6.10. The van der Waals surface area contributed by atoms with Gasteiger partial charge in [-0.05, 0) is 62.1 Å². The van der Waals surface area contributed by atoms with Gasteiger partial charge in [-0.25, -0.2) is 9.67 Å². The van der Waals surface area contributed by atoms with Crippen molar-refractivity contribution in [1.29, 1.82) is 0 Å². The molecular formula is C21H23ClN4O. The Morgan fingerprint density at radius 3 is 2.44 bits per heavy atom. The number of rotatable bonds is 6. The summed E-state index contributed by atoms with van der Waals surface area (Å²) in [6.07, 6.45) is 3.17. The van der Waals surface area contributed by atoms with Crippen molar-refractivity contribution in [1.82, 2.24) is 14.8 Å². The molecule has 3 rings (SSSR count). The fourth-order valence-corrected chi connectivity index (χ4v) is 3.42. The summed E-state index contributed by atoms with van der Waals surface area (Å²) in [7, 11) is 0. The Balaban J connectivity index is 1.86. The van der Waals surface area contributed by atoms with Crippen molar-refractivity contribution in [3.8, 4) is 0 Å². The molecular weight excluding hydrogens is 360 g/mol. The zero-order chi connectivity index (χ0) is 19.4. The maximum Gasteiger partial charge on any atom is 0.142 e. The summed E-state index contributed by atoms with van der Waals surface area (Å²) in [6, 6.07) is 10.1. The third-order valence-electron chi connectivity index (χ3n) is 4.50. The van der Waals surface area contributed by atoms with Gasteiger partial charge in [0.1, 0.15) is 25.0 Å². The summed E-state index contributed by atoms with van der Waals surface area (Å²) in [4.78, 5) is 9.76. The van der Waals surface area contributed by atoms with E-state index in [2.05, 4.69) is 48.1 Å². The molecule has 0 atom stereocenters. The second-order valence-electron chi connectivity index (χ2n) is 6.74. The van der Waals surface area contributed by atoms with Crippen LogP contribution in [0.4, 0.5) is 0 Å². The molecule has 0 radical (unpaired) electrons. The van der Waals surface area contributed by atoms with Crippen molar-refractivity contribution in [3.05, 3.63) is 81.4 Å². The molecule has 0 fully saturated rings. The minimum absolute atomic E-state index is 0.422. The molecule has 0 amide bonds. The predicted octanol–water partition coefficient (Wildman–Crippen LogP) is 4.79. The Kier molecular flexibility index (Phi) is 5.91. The molecule has 0 bridgehead atoms. The lowest BCUT2D eigenvalue weighted by molar-refractivity contribution is 0.129. The number of oxime groups is 1. The van der Waals surface area contributed by atoms with E-state index in [1.165, 1.54) is 23.0 Å². The summed E-state index contributed by atoms with van der Waals surface area (Å²) in [5.41, 5.74) is 7.63. The van der Waals surface area contributed by atoms with Gasteiger partial charge in [0.2, 0.25) is 0 Å². The number of halogens is 1. The van der Waals surface area contributed by atoms with Crippen LogP contribution in [0.15, 0.2) is 48.1 Å². The van der Waals surface area contributed by atoms with E-state index in [0.717, 1.165) is 22.4 Å². The Morgan fingerprint density at radius 2 is 1.81 bits per heavy atom. The number of benzene rings is 2. The van der Waals surface area contributed by atoms with Crippen molar-refractivity contribution in [2.75, 3.05) is 0 Å². The van der Waals surface area contributed by atoms with Gasteiger partial charge in [0.25, 0.3) is 0 Å². The van der Waals surface area contributed by atoms with E-state index in [9.17, 15) is 0 Å². The summed E-state index contributed by atoms with van der Waals surface area (Å²) in [5.74, 6) is 0. The van der Waals surface area contributed by atoms with Crippen LogP contribution in [-0.2, 0) is 18.0 Å².